The molecular formula is C18H20FN5. The van der Waals surface area contributed by atoms with Crippen LogP contribution in [0.3, 0.4) is 0 Å². The van der Waals surface area contributed by atoms with Gasteiger partial charge < -0.3 is 0 Å². The normalized spacial score (nSPS) is 12.5. The summed E-state index contributed by atoms with van der Waals surface area (Å²) >= 11 is 0. The smallest absolute Gasteiger partial charge is 0.123 e. The molecule has 0 amide bonds. The van der Waals surface area contributed by atoms with Crippen LogP contribution in [0.15, 0.2) is 49.1 Å². The van der Waals surface area contributed by atoms with Crippen molar-refractivity contribution in [1.82, 2.24) is 25.1 Å². The van der Waals surface area contributed by atoms with E-state index in [-0.39, 0.29) is 5.82 Å². The Kier molecular flexibility index (Phi) is 4.96. The first kappa shape index (κ1) is 16.3. The molecule has 1 N–H and O–H groups in total. The molecule has 3 aromatic rings. The number of H-pyrrole nitrogens is 1. The van der Waals surface area contributed by atoms with Crippen LogP contribution in [0.4, 0.5) is 4.39 Å². The lowest BCUT2D eigenvalue weighted by Crippen LogP contribution is -2.30. The minimum Gasteiger partial charge on any atom is -0.299 e. The van der Waals surface area contributed by atoms with Crippen LogP contribution in [-0.2, 0) is 13.0 Å². The molecule has 1 aromatic carbocycles. The third-order valence-electron chi connectivity index (χ3n) is 4.14. The fourth-order valence-electron chi connectivity index (χ4n) is 2.62. The summed E-state index contributed by atoms with van der Waals surface area (Å²) in [6, 6.07) is 6.74. The van der Waals surface area contributed by atoms with Gasteiger partial charge in [0.1, 0.15) is 5.82 Å². The second-order valence-corrected chi connectivity index (χ2v) is 5.94. The number of nitrogens with zero attached hydrogens (tertiary/aromatic N) is 4. The van der Waals surface area contributed by atoms with Crippen molar-refractivity contribution >= 4 is 0 Å². The van der Waals surface area contributed by atoms with E-state index in [0.717, 1.165) is 35.5 Å². The predicted octanol–water partition coefficient (Wildman–Crippen LogP) is 3.07. The Bertz CT molecular complexity index is 770. The zero-order chi connectivity index (χ0) is 16.9. The van der Waals surface area contributed by atoms with Crippen LogP contribution in [0.5, 0.6) is 0 Å². The summed E-state index contributed by atoms with van der Waals surface area (Å²) in [7, 11) is 2.07. The summed E-state index contributed by atoms with van der Waals surface area (Å²) in [5.41, 5.74) is 3.91. The largest absolute Gasteiger partial charge is 0.299 e. The van der Waals surface area contributed by atoms with E-state index in [4.69, 9.17) is 0 Å². The number of rotatable bonds is 6. The maximum atomic E-state index is 13.1. The second kappa shape index (κ2) is 7.31. The molecule has 0 aliphatic rings. The molecule has 0 aliphatic heterocycles. The molecule has 0 radical (unpaired) electrons. The summed E-state index contributed by atoms with van der Waals surface area (Å²) < 4.78 is 13.1. The van der Waals surface area contributed by atoms with Gasteiger partial charge in [0, 0.05) is 48.7 Å². The predicted molar refractivity (Wildman–Crippen MR) is 90.6 cm³/mol. The van der Waals surface area contributed by atoms with Crippen LogP contribution in [0.2, 0.25) is 0 Å². The van der Waals surface area contributed by atoms with Gasteiger partial charge in [-0.25, -0.2) is 4.39 Å². The van der Waals surface area contributed by atoms with Gasteiger partial charge in [0.15, 0.2) is 0 Å². The van der Waals surface area contributed by atoms with E-state index in [1.54, 1.807) is 30.7 Å². The molecule has 0 saturated heterocycles. The maximum absolute atomic E-state index is 13.1. The molecule has 2 heterocycles. The first-order valence-corrected chi connectivity index (χ1v) is 7.87. The van der Waals surface area contributed by atoms with Gasteiger partial charge in [-0.05, 0) is 38.2 Å². The van der Waals surface area contributed by atoms with E-state index in [9.17, 15) is 4.39 Å². The summed E-state index contributed by atoms with van der Waals surface area (Å²) in [5, 5.41) is 7.16. The monoisotopic (exact) mass is 325 g/mol. The Labute approximate surface area is 140 Å². The molecule has 0 fully saturated rings. The van der Waals surface area contributed by atoms with Crippen molar-refractivity contribution in [1.29, 1.82) is 0 Å². The highest BCUT2D eigenvalue weighted by molar-refractivity contribution is 5.62. The van der Waals surface area contributed by atoms with Crippen molar-refractivity contribution in [3.05, 3.63) is 66.1 Å². The Morgan fingerprint density at radius 3 is 2.67 bits per heavy atom. The molecule has 2 aromatic heterocycles. The number of aromatic amines is 1. The van der Waals surface area contributed by atoms with Crippen molar-refractivity contribution < 1.29 is 4.39 Å². The Balaban J connectivity index is 1.70. The molecule has 1 atom stereocenters. The zero-order valence-corrected chi connectivity index (χ0v) is 13.8. The first-order valence-electron chi connectivity index (χ1n) is 7.87. The van der Waals surface area contributed by atoms with Gasteiger partial charge in [0.2, 0.25) is 0 Å². The average molecular weight is 325 g/mol. The third kappa shape index (κ3) is 3.83. The molecule has 24 heavy (non-hydrogen) atoms. The molecule has 5 nitrogen and oxygen atoms in total. The van der Waals surface area contributed by atoms with E-state index in [1.807, 2.05) is 6.20 Å². The van der Waals surface area contributed by atoms with Crippen molar-refractivity contribution in [2.24, 2.45) is 0 Å². The van der Waals surface area contributed by atoms with Gasteiger partial charge in [-0.15, -0.1) is 0 Å². The van der Waals surface area contributed by atoms with Gasteiger partial charge in [-0.1, -0.05) is 0 Å². The number of halogens is 1. The molecule has 0 spiro atoms. The second-order valence-electron chi connectivity index (χ2n) is 5.94. The Hall–Kier alpha value is -2.60. The van der Waals surface area contributed by atoms with Crippen LogP contribution in [0, 0.1) is 5.82 Å². The fraction of sp³-hybridized carbons (Fsp3) is 0.278. The van der Waals surface area contributed by atoms with Crippen LogP contribution in [-0.4, -0.2) is 38.2 Å². The minimum absolute atomic E-state index is 0.241. The third-order valence-corrected chi connectivity index (χ3v) is 4.14. The Morgan fingerprint density at radius 2 is 1.96 bits per heavy atom. The fourth-order valence-corrected chi connectivity index (χ4v) is 2.62. The topological polar surface area (TPSA) is 57.7 Å². The van der Waals surface area contributed by atoms with E-state index < -0.39 is 0 Å². The highest BCUT2D eigenvalue weighted by Crippen LogP contribution is 2.23. The van der Waals surface area contributed by atoms with Gasteiger partial charge in [-0.2, -0.15) is 5.10 Å². The van der Waals surface area contributed by atoms with Gasteiger partial charge >= 0.3 is 0 Å². The van der Waals surface area contributed by atoms with Crippen LogP contribution in [0.25, 0.3) is 11.3 Å². The van der Waals surface area contributed by atoms with E-state index in [0.29, 0.717) is 6.04 Å². The molecule has 0 bridgehead atoms. The molecule has 3 rings (SSSR count). The first-order chi connectivity index (χ1) is 11.6. The maximum Gasteiger partial charge on any atom is 0.123 e. The van der Waals surface area contributed by atoms with Crippen molar-refractivity contribution in [3.63, 3.8) is 0 Å². The molecule has 124 valence electrons. The highest BCUT2D eigenvalue weighted by atomic mass is 19.1. The average Bonchev–Trinajstić information content (AvgIpc) is 3.04. The number of likely N-dealkylation sites (N-methyl/N-ethyl adjacent to an activating group) is 1. The van der Waals surface area contributed by atoms with Crippen molar-refractivity contribution in [2.75, 3.05) is 7.05 Å². The highest BCUT2D eigenvalue weighted by Gasteiger charge is 2.15. The lowest BCUT2D eigenvalue weighted by atomic mass is 10.1. The summed E-state index contributed by atoms with van der Waals surface area (Å²) in [6.07, 6.45) is 7.84. The molecule has 0 saturated carbocycles. The van der Waals surface area contributed by atoms with E-state index in [2.05, 4.69) is 39.0 Å². The molecule has 6 heteroatoms. The SMILES string of the molecule is C[C@H](Cc1cnccn1)N(C)Cc1cn[nH]c1-c1ccc(F)cc1. The lowest BCUT2D eigenvalue weighted by molar-refractivity contribution is 0.247. The van der Waals surface area contributed by atoms with E-state index >= 15 is 0 Å². The minimum atomic E-state index is -0.241. The van der Waals surface area contributed by atoms with Gasteiger partial charge in [0.05, 0.1) is 17.6 Å². The standard InChI is InChI=1S/C18H20FN5/c1-13(9-17-11-20-7-8-21-17)24(2)12-15-10-22-23-18(15)14-3-5-16(19)6-4-14/h3-8,10-11,13H,9,12H2,1-2H3,(H,22,23)/t13-/m1/s1. The number of nitrogens with one attached hydrogen (secondary N) is 1. The summed E-state index contributed by atoms with van der Waals surface area (Å²) in [5.74, 6) is -0.241. The van der Waals surface area contributed by atoms with Gasteiger partial charge in [0.25, 0.3) is 0 Å². The van der Waals surface area contributed by atoms with Crippen LogP contribution in [0.1, 0.15) is 18.2 Å². The Morgan fingerprint density at radius 1 is 1.17 bits per heavy atom. The summed E-state index contributed by atoms with van der Waals surface area (Å²) in [6.45, 7) is 2.90. The van der Waals surface area contributed by atoms with Crippen molar-refractivity contribution in [3.8, 4) is 11.3 Å². The number of aromatic nitrogens is 4. The quantitative estimate of drug-likeness (QED) is 0.757. The zero-order valence-electron chi connectivity index (χ0n) is 13.8. The molecule has 0 unspecified atom stereocenters. The van der Waals surface area contributed by atoms with Crippen LogP contribution >= 0.6 is 0 Å². The lowest BCUT2D eigenvalue weighted by Gasteiger charge is -2.24. The number of hydrogen-bond acceptors (Lipinski definition) is 4. The van der Waals surface area contributed by atoms with Crippen molar-refractivity contribution in [2.45, 2.75) is 25.9 Å². The van der Waals surface area contributed by atoms with E-state index in [1.165, 1.54) is 12.1 Å². The van der Waals surface area contributed by atoms with Crippen LogP contribution < -0.4 is 0 Å². The summed E-state index contributed by atoms with van der Waals surface area (Å²) in [4.78, 5) is 10.7. The molecule has 0 aliphatic carbocycles. The van der Waals surface area contributed by atoms with Gasteiger partial charge in [-0.3, -0.25) is 20.0 Å². The number of benzene rings is 1. The molecular weight excluding hydrogens is 305 g/mol. The number of hydrogen-bond donors (Lipinski definition) is 1.